The van der Waals surface area contributed by atoms with Gasteiger partial charge in [-0.1, -0.05) is 6.07 Å². The molecule has 1 atom stereocenters. The van der Waals surface area contributed by atoms with Crippen LogP contribution >= 0.6 is 0 Å². The van der Waals surface area contributed by atoms with Crippen LogP contribution in [0.3, 0.4) is 0 Å². The van der Waals surface area contributed by atoms with Crippen molar-refractivity contribution in [3.05, 3.63) is 30.1 Å². The lowest BCUT2D eigenvalue weighted by Gasteiger charge is -2.17. The molecule has 16 heavy (non-hydrogen) atoms. The molecule has 0 aromatic carbocycles. The van der Waals surface area contributed by atoms with Crippen LogP contribution in [0.15, 0.2) is 24.4 Å². The van der Waals surface area contributed by atoms with E-state index in [0.717, 1.165) is 4.31 Å². The van der Waals surface area contributed by atoms with Crippen LogP contribution in [0.5, 0.6) is 0 Å². The number of sulfonamides is 1. The van der Waals surface area contributed by atoms with Crippen molar-refractivity contribution < 1.29 is 8.42 Å². The lowest BCUT2D eigenvalue weighted by Crippen LogP contribution is -2.33. The standard InChI is InChI=1S/C10H13N3O2S/c1-9(7-11)16(14,15)13(2)8-10-5-3-4-6-12-10/h3-6,9H,8H2,1-2H3. The summed E-state index contributed by atoms with van der Waals surface area (Å²) in [5, 5.41) is 7.57. The number of nitriles is 1. The molecule has 0 aliphatic heterocycles. The summed E-state index contributed by atoms with van der Waals surface area (Å²) >= 11 is 0. The van der Waals surface area contributed by atoms with Gasteiger partial charge in [0.1, 0.15) is 0 Å². The van der Waals surface area contributed by atoms with Gasteiger partial charge in [-0.05, 0) is 19.1 Å². The predicted octanol–water partition coefficient (Wildman–Crippen LogP) is 0.755. The van der Waals surface area contributed by atoms with Gasteiger partial charge in [0, 0.05) is 13.2 Å². The molecular formula is C10H13N3O2S. The van der Waals surface area contributed by atoms with Crippen LogP contribution in [-0.4, -0.2) is 30.0 Å². The third kappa shape index (κ3) is 2.78. The first-order chi connectivity index (χ1) is 7.48. The Labute approximate surface area is 95.4 Å². The average molecular weight is 239 g/mol. The number of hydrogen-bond donors (Lipinski definition) is 0. The molecule has 1 aromatic rings. The molecule has 0 saturated heterocycles. The van der Waals surface area contributed by atoms with Crippen LogP contribution in [0.25, 0.3) is 0 Å². The normalized spacial score (nSPS) is 13.4. The second kappa shape index (κ2) is 5.05. The van der Waals surface area contributed by atoms with E-state index in [1.54, 1.807) is 30.5 Å². The SMILES string of the molecule is CC(C#N)S(=O)(=O)N(C)Cc1ccccn1. The summed E-state index contributed by atoms with van der Waals surface area (Å²) < 4.78 is 24.6. The largest absolute Gasteiger partial charge is 0.260 e. The highest BCUT2D eigenvalue weighted by Crippen LogP contribution is 2.09. The number of hydrogen-bond acceptors (Lipinski definition) is 4. The van der Waals surface area contributed by atoms with Crippen LogP contribution in [0.1, 0.15) is 12.6 Å². The maximum atomic E-state index is 11.7. The molecule has 86 valence electrons. The molecule has 1 rings (SSSR count). The van der Waals surface area contributed by atoms with Gasteiger partial charge in [0.15, 0.2) is 5.25 Å². The average Bonchev–Trinajstić information content (AvgIpc) is 2.29. The Morgan fingerprint density at radius 2 is 2.25 bits per heavy atom. The van der Waals surface area contributed by atoms with E-state index in [-0.39, 0.29) is 6.54 Å². The third-order valence-corrected chi connectivity index (χ3v) is 4.17. The Balaban J connectivity index is 2.82. The van der Waals surface area contributed by atoms with E-state index < -0.39 is 15.3 Å². The molecule has 0 radical (unpaired) electrons. The predicted molar refractivity (Wildman–Crippen MR) is 59.7 cm³/mol. The first kappa shape index (κ1) is 12.6. The highest BCUT2D eigenvalue weighted by atomic mass is 32.2. The van der Waals surface area contributed by atoms with E-state index in [1.165, 1.54) is 14.0 Å². The smallest absolute Gasteiger partial charge is 0.230 e. The van der Waals surface area contributed by atoms with Crippen LogP contribution in [0.4, 0.5) is 0 Å². The van der Waals surface area contributed by atoms with Crippen molar-refractivity contribution in [3.8, 4) is 6.07 Å². The summed E-state index contributed by atoms with van der Waals surface area (Å²) in [4.78, 5) is 4.03. The van der Waals surface area contributed by atoms with Crippen molar-refractivity contribution in [2.24, 2.45) is 0 Å². The Morgan fingerprint density at radius 1 is 1.56 bits per heavy atom. The van der Waals surface area contributed by atoms with E-state index in [4.69, 9.17) is 5.26 Å². The van der Waals surface area contributed by atoms with Crippen molar-refractivity contribution in [2.45, 2.75) is 18.7 Å². The summed E-state index contributed by atoms with van der Waals surface area (Å²) in [6.07, 6.45) is 1.60. The molecule has 1 aromatic heterocycles. The van der Waals surface area contributed by atoms with E-state index in [1.807, 2.05) is 0 Å². The van der Waals surface area contributed by atoms with Crippen LogP contribution in [-0.2, 0) is 16.6 Å². The molecule has 1 heterocycles. The molecule has 0 saturated carbocycles. The minimum atomic E-state index is -3.56. The number of nitrogens with zero attached hydrogens (tertiary/aromatic N) is 3. The summed E-state index contributed by atoms with van der Waals surface area (Å²) in [5.74, 6) is 0. The van der Waals surface area contributed by atoms with Crippen molar-refractivity contribution in [3.63, 3.8) is 0 Å². The Morgan fingerprint density at radius 3 is 2.75 bits per heavy atom. The fraction of sp³-hybridized carbons (Fsp3) is 0.400. The van der Waals surface area contributed by atoms with E-state index in [2.05, 4.69) is 4.98 Å². The van der Waals surface area contributed by atoms with E-state index in [9.17, 15) is 8.42 Å². The maximum absolute atomic E-state index is 11.7. The van der Waals surface area contributed by atoms with Gasteiger partial charge >= 0.3 is 0 Å². The van der Waals surface area contributed by atoms with Gasteiger partial charge < -0.3 is 0 Å². The van der Waals surface area contributed by atoms with Gasteiger partial charge in [-0.2, -0.15) is 9.57 Å². The highest BCUT2D eigenvalue weighted by Gasteiger charge is 2.25. The van der Waals surface area contributed by atoms with Crippen molar-refractivity contribution >= 4 is 10.0 Å². The fourth-order valence-corrected chi connectivity index (χ4v) is 2.13. The second-order valence-electron chi connectivity index (χ2n) is 3.39. The zero-order chi connectivity index (χ0) is 12.2. The van der Waals surface area contributed by atoms with Gasteiger partial charge in [0.25, 0.3) is 0 Å². The number of aromatic nitrogens is 1. The van der Waals surface area contributed by atoms with Gasteiger partial charge in [0.2, 0.25) is 10.0 Å². The first-order valence-corrected chi connectivity index (χ1v) is 6.23. The molecule has 6 heteroatoms. The van der Waals surface area contributed by atoms with Crippen LogP contribution < -0.4 is 0 Å². The minimum absolute atomic E-state index is 0.176. The molecule has 1 unspecified atom stereocenters. The first-order valence-electron chi connectivity index (χ1n) is 4.73. The Hall–Kier alpha value is -1.45. The molecule has 0 fully saturated rings. The van der Waals surface area contributed by atoms with Gasteiger partial charge in [-0.15, -0.1) is 0 Å². The Bertz CT molecular complexity index is 479. The molecule has 0 aliphatic carbocycles. The fourth-order valence-electron chi connectivity index (χ4n) is 1.15. The quantitative estimate of drug-likeness (QED) is 0.777. The monoisotopic (exact) mass is 239 g/mol. The highest BCUT2D eigenvalue weighted by molar-refractivity contribution is 7.89. The zero-order valence-electron chi connectivity index (χ0n) is 9.16. The van der Waals surface area contributed by atoms with Gasteiger partial charge in [0.05, 0.1) is 18.3 Å². The van der Waals surface area contributed by atoms with Crippen molar-refractivity contribution in [1.29, 1.82) is 5.26 Å². The number of pyridine rings is 1. The van der Waals surface area contributed by atoms with Gasteiger partial charge in [-0.3, -0.25) is 4.98 Å². The van der Waals surface area contributed by atoms with Gasteiger partial charge in [-0.25, -0.2) is 8.42 Å². The zero-order valence-corrected chi connectivity index (χ0v) is 9.98. The molecular weight excluding hydrogens is 226 g/mol. The summed E-state index contributed by atoms with van der Waals surface area (Å²) in [7, 11) is -2.11. The van der Waals surface area contributed by atoms with Crippen molar-refractivity contribution in [2.75, 3.05) is 7.05 Å². The summed E-state index contributed by atoms with van der Waals surface area (Å²) in [6.45, 7) is 1.54. The topological polar surface area (TPSA) is 74.1 Å². The molecule has 0 amide bonds. The second-order valence-corrected chi connectivity index (χ2v) is 5.75. The maximum Gasteiger partial charge on any atom is 0.230 e. The Kier molecular flexibility index (Phi) is 3.99. The van der Waals surface area contributed by atoms with Crippen LogP contribution in [0, 0.1) is 11.3 Å². The third-order valence-electron chi connectivity index (χ3n) is 2.17. The lowest BCUT2D eigenvalue weighted by atomic mass is 10.3. The minimum Gasteiger partial charge on any atom is -0.260 e. The van der Waals surface area contributed by atoms with Crippen LogP contribution in [0.2, 0.25) is 0 Å². The van der Waals surface area contributed by atoms with E-state index in [0.29, 0.717) is 5.69 Å². The summed E-state index contributed by atoms with van der Waals surface area (Å²) in [5.41, 5.74) is 0.652. The lowest BCUT2D eigenvalue weighted by molar-refractivity contribution is 0.459. The molecule has 5 nitrogen and oxygen atoms in total. The molecule has 0 bridgehead atoms. The van der Waals surface area contributed by atoms with E-state index >= 15 is 0 Å². The molecule has 0 aliphatic rings. The number of rotatable bonds is 4. The van der Waals surface area contributed by atoms with Crippen molar-refractivity contribution in [1.82, 2.24) is 9.29 Å². The molecule has 0 spiro atoms. The summed E-state index contributed by atoms with van der Waals surface area (Å²) in [6, 6.07) is 7.01. The molecule has 0 N–H and O–H groups in total.